The van der Waals surface area contributed by atoms with Crippen LogP contribution in [0.3, 0.4) is 0 Å². The zero-order valence-electron chi connectivity index (χ0n) is 12.2. The summed E-state index contributed by atoms with van der Waals surface area (Å²) in [6.45, 7) is 3.23. The number of imidazole rings is 1. The van der Waals surface area contributed by atoms with E-state index < -0.39 is 0 Å². The number of halogens is 1. The fraction of sp³-hybridized carbons (Fsp3) is 0.588. The monoisotopic (exact) mass is 334 g/mol. The van der Waals surface area contributed by atoms with Crippen molar-refractivity contribution < 1.29 is 0 Å². The molecule has 1 fully saturated rings. The van der Waals surface area contributed by atoms with Crippen LogP contribution in [0, 0.1) is 5.92 Å². The summed E-state index contributed by atoms with van der Waals surface area (Å²) in [7, 11) is 0. The first-order valence-electron chi connectivity index (χ1n) is 7.86. The largest absolute Gasteiger partial charge is 0.328 e. The van der Waals surface area contributed by atoms with Crippen molar-refractivity contribution in [2.45, 2.75) is 56.8 Å². The molecule has 0 N–H and O–H groups in total. The third kappa shape index (κ3) is 2.93. The number of rotatable bonds is 3. The summed E-state index contributed by atoms with van der Waals surface area (Å²) in [5, 5.41) is 0. The van der Waals surface area contributed by atoms with E-state index in [1.807, 2.05) is 0 Å². The molecule has 0 aliphatic heterocycles. The minimum Gasteiger partial charge on any atom is -0.328 e. The molecule has 1 heterocycles. The summed E-state index contributed by atoms with van der Waals surface area (Å²) < 4.78 is 2.39. The maximum Gasteiger partial charge on any atom is 0.110 e. The van der Waals surface area contributed by atoms with Gasteiger partial charge in [0.2, 0.25) is 0 Å². The molecular formula is C17H23BrN2. The highest BCUT2D eigenvalue weighted by Gasteiger charge is 2.21. The number of hydrogen-bond donors (Lipinski definition) is 0. The van der Waals surface area contributed by atoms with Gasteiger partial charge in [-0.3, -0.25) is 0 Å². The summed E-state index contributed by atoms with van der Waals surface area (Å²) in [5.74, 6) is 2.06. The van der Waals surface area contributed by atoms with Gasteiger partial charge in [0, 0.05) is 17.8 Å². The highest BCUT2D eigenvalue weighted by Crippen LogP contribution is 2.30. The number of benzene rings is 1. The third-order valence-electron chi connectivity index (χ3n) is 4.49. The summed E-state index contributed by atoms with van der Waals surface area (Å²) in [6, 6.07) is 8.51. The standard InChI is InChI=1S/C17H23BrN2/c1-2-20-16-10-6-5-9-15(16)19-17(20)12-13-7-3-4-8-14(18)11-13/h5-6,9-10,13-14H,2-4,7-8,11-12H2,1H3. The first-order chi connectivity index (χ1) is 9.78. The highest BCUT2D eigenvalue weighted by molar-refractivity contribution is 9.09. The first kappa shape index (κ1) is 14.1. The lowest BCUT2D eigenvalue weighted by molar-refractivity contribution is 0.446. The van der Waals surface area contributed by atoms with Crippen molar-refractivity contribution >= 4 is 27.0 Å². The van der Waals surface area contributed by atoms with Crippen LogP contribution in [0.4, 0.5) is 0 Å². The molecule has 0 bridgehead atoms. The Morgan fingerprint density at radius 3 is 2.90 bits per heavy atom. The quantitative estimate of drug-likeness (QED) is 0.574. The van der Waals surface area contributed by atoms with E-state index in [1.54, 1.807) is 0 Å². The van der Waals surface area contributed by atoms with Gasteiger partial charge in [0.25, 0.3) is 0 Å². The molecule has 0 radical (unpaired) electrons. The zero-order chi connectivity index (χ0) is 13.9. The van der Waals surface area contributed by atoms with Gasteiger partial charge >= 0.3 is 0 Å². The Morgan fingerprint density at radius 2 is 2.05 bits per heavy atom. The molecule has 1 aromatic carbocycles. The third-order valence-corrected chi connectivity index (χ3v) is 5.32. The van der Waals surface area contributed by atoms with Gasteiger partial charge < -0.3 is 4.57 Å². The number of aromatic nitrogens is 2. The van der Waals surface area contributed by atoms with Crippen LogP contribution in [0.2, 0.25) is 0 Å². The molecule has 2 atom stereocenters. The molecule has 1 aliphatic carbocycles. The molecule has 1 aliphatic rings. The Labute approximate surface area is 129 Å². The molecule has 1 aromatic heterocycles. The van der Waals surface area contributed by atoms with Crippen molar-refractivity contribution in [1.82, 2.24) is 9.55 Å². The van der Waals surface area contributed by atoms with E-state index in [-0.39, 0.29) is 0 Å². The average molecular weight is 335 g/mol. The van der Waals surface area contributed by atoms with E-state index in [1.165, 1.54) is 43.4 Å². The number of fused-ring (bicyclic) bond motifs is 1. The van der Waals surface area contributed by atoms with Crippen LogP contribution >= 0.6 is 15.9 Å². The topological polar surface area (TPSA) is 17.8 Å². The lowest BCUT2D eigenvalue weighted by Crippen LogP contribution is -2.12. The van der Waals surface area contributed by atoms with Gasteiger partial charge in [-0.15, -0.1) is 0 Å². The molecule has 0 amide bonds. The minimum atomic E-state index is 0.703. The zero-order valence-corrected chi connectivity index (χ0v) is 13.8. The van der Waals surface area contributed by atoms with Crippen LogP contribution in [0.1, 0.15) is 44.9 Å². The average Bonchev–Trinajstić information content (AvgIpc) is 2.66. The smallest absolute Gasteiger partial charge is 0.110 e. The van der Waals surface area contributed by atoms with E-state index in [2.05, 4.69) is 51.7 Å². The molecular weight excluding hydrogens is 312 g/mol. The Bertz CT molecular complexity index is 575. The molecule has 3 rings (SSSR count). The van der Waals surface area contributed by atoms with Gasteiger partial charge in [-0.1, -0.05) is 40.9 Å². The second kappa shape index (κ2) is 6.30. The van der Waals surface area contributed by atoms with E-state index in [4.69, 9.17) is 4.98 Å². The van der Waals surface area contributed by atoms with Crippen molar-refractivity contribution in [3.63, 3.8) is 0 Å². The van der Waals surface area contributed by atoms with Crippen molar-refractivity contribution in [2.75, 3.05) is 0 Å². The molecule has 2 aromatic rings. The van der Waals surface area contributed by atoms with E-state index >= 15 is 0 Å². The van der Waals surface area contributed by atoms with Crippen LogP contribution in [-0.4, -0.2) is 14.4 Å². The van der Waals surface area contributed by atoms with Crippen molar-refractivity contribution in [3.05, 3.63) is 30.1 Å². The lowest BCUT2D eigenvalue weighted by atomic mass is 9.96. The van der Waals surface area contributed by atoms with Crippen LogP contribution < -0.4 is 0 Å². The fourth-order valence-corrected chi connectivity index (χ4v) is 4.33. The molecule has 2 nitrogen and oxygen atoms in total. The Balaban J connectivity index is 1.86. The molecule has 0 saturated heterocycles. The molecule has 3 heteroatoms. The second-order valence-corrected chi connectivity index (χ2v) is 7.24. The molecule has 2 unspecified atom stereocenters. The first-order valence-corrected chi connectivity index (χ1v) is 8.77. The normalized spacial score (nSPS) is 23.9. The molecule has 1 saturated carbocycles. The molecule has 0 spiro atoms. The number of para-hydroxylation sites is 2. The number of nitrogens with zero attached hydrogens (tertiary/aromatic N) is 2. The predicted molar refractivity (Wildman–Crippen MR) is 88.4 cm³/mol. The fourth-order valence-electron chi connectivity index (χ4n) is 3.47. The minimum absolute atomic E-state index is 0.703. The maximum absolute atomic E-state index is 4.88. The van der Waals surface area contributed by atoms with Crippen molar-refractivity contribution in [3.8, 4) is 0 Å². The number of hydrogen-bond acceptors (Lipinski definition) is 1. The SMILES string of the molecule is CCn1c(CC2CCCCC(Br)C2)nc2ccccc21. The maximum atomic E-state index is 4.88. The van der Waals surface area contributed by atoms with Crippen LogP contribution in [-0.2, 0) is 13.0 Å². The molecule has 20 heavy (non-hydrogen) atoms. The van der Waals surface area contributed by atoms with Gasteiger partial charge in [0.05, 0.1) is 11.0 Å². The van der Waals surface area contributed by atoms with E-state index in [0.29, 0.717) is 4.83 Å². The van der Waals surface area contributed by atoms with Crippen molar-refractivity contribution in [1.29, 1.82) is 0 Å². The van der Waals surface area contributed by atoms with E-state index in [0.717, 1.165) is 24.4 Å². The predicted octanol–water partition coefficient (Wildman–Crippen LogP) is 4.94. The summed E-state index contributed by atoms with van der Waals surface area (Å²) in [5.41, 5.74) is 2.43. The Morgan fingerprint density at radius 1 is 1.25 bits per heavy atom. The molecule has 108 valence electrons. The lowest BCUT2D eigenvalue weighted by Gasteiger charge is -2.16. The summed E-state index contributed by atoms with van der Waals surface area (Å²) in [6.07, 6.45) is 7.86. The van der Waals surface area contributed by atoms with Gasteiger partial charge in [-0.2, -0.15) is 0 Å². The second-order valence-electron chi connectivity index (χ2n) is 5.95. The summed E-state index contributed by atoms with van der Waals surface area (Å²) >= 11 is 3.84. The van der Waals surface area contributed by atoms with E-state index in [9.17, 15) is 0 Å². The highest BCUT2D eigenvalue weighted by atomic mass is 79.9. The number of alkyl halides is 1. The Hall–Kier alpha value is -0.830. The van der Waals surface area contributed by atoms with Gasteiger partial charge in [0.1, 0.15) is 5.82 Å². The van der Waals surface area contributed by atoms with Gasteiger partial charge in [-0.05, 0) is 44.2 Å². The number of aryl methyl sites for hydroxylation is 1. The van der Waals surface area contributed by atoms with Crippen LogP contribution in [0.15, 0.2) is 24.3 Å². The van der Waals surface area contributed by atoms with Gasteiger partial charge in [-0.25, -0.2) is 4.98 Å². The van der Waals surface area contributed by atoms with Crippen LogP contribution in [0.5, 0.6) is 0 Å². The summed E-state index contributed by atoms with van der Waals surface area (Å²) in [4.78, 5) is 5.58. The van der Waals surface area contributed by atoms with Gasteiger partial charge in [0.15, 0.2) is 0 Å². The van der Waals surface area contributed by atoms with Crippen LogP contribution in [0.25, 0.3) is 11.0 Å². The van der Waals surface area contributed by atoms with Crippen molar-refractivity contribution in [2.24, 2.45) is 5.92 Å². The Kier molecular flexibility index (Phi) is 4.45.